The molecule has 6 atom stereocenters. The Morgan fingerprint density at radius 1 is 0.641 bits per heavy atom. The molecule has 332 valence electrons. The quantitative estimate of drug-likeness (QED) is 0.106. The van der Waals surface area contributed by atoms with Crippen LogP contribution in [0.2, 0.25) is 0 Å². The SMILES string of the molecule is COC(=O)N[C@H](C(=O)N1C[C@@H]2CC[C@@]1(c1nc3ccc(-c4cccc5c(-c6ccc7nc([C@@]89CC[C@@H](CN8C(=O)[C@@H](NC(=O)OC)C(C)C)C9)[nH]c7c6)cccc45)cc3[nH]1)C2)C(C)C. The fraction of sp³-hybridized carbons (Fsp3) is 0.440. The van der Waals surface area contributed by atoms with Crippen LogP contribution >= 0.6 is 0 Å². The highest BCUT2D eigenvalue weighted by Crippen LogP contribution is 2.54. The van der Waals surface area contributed by atoms with Gasteiger partial charge in [-0.25, -0.2) is 19.6 Å². The third-order valence-corrected chi connectivity index (χ3v) is 14.8. The number of piperidine rings is 2. The van der Waals surface area contributed by atoms with Crippen molar-refractivity contribution >= 4 is 56.8 Å². The summed E-state index contributed by atoms with van der Waals surface area (Å²) in [5.41, 5.74) is 6.64. The van der Waals surface area contributed by atoms with E-state index in [9.17, 15) is 19.2 Å². The van der Waals surface area contributed by atoms with Crippen molar-refractivity contribution in [2.75, 3.05) is 27.3 Å². The van der Waals surface area contributed by atoms with Crippen molar-refractivity contribution in [1.29, 1.82) is 0 Å². The Morgan fingerprint density at radius 2 is 1.06 bits per heavy atom. The molecule has 4 N–H and O–H groups in total. The van der Waals surface area contributed by atoms with Crippen molar-refractivity contribution in [3.05, 3.63) is 84.4 Å². The number of fused-ring (bicyclic) bond motifs is 7. The van der Waals surface area contributed by atoms with Crippen LogP contribution in [-0.2, 0) is 30.1 Å². The van der Waals surface area contributed by atoms with Crippen LogP contribution in [0.5, 0.6) is 0 Å². The van der Waals surface area contributed by atoms with Gasteiger partial charge in [0.05, 0.1) is 36.3 Å². The predicted molar refractivity (Wildman–Crippen MR) is 244 cm³/mol. The van der Waals surface area contributed by atoms with E-state index in [-0.39, 0.29) is 23.7 Å². The van der Waals surface area contributed by atoms with Crippen molar-refractivity contribution in [1.82, 2.24) is 40.4 Å². The van der Waals surface area contributed by atoms with E-state index >= 15 is 0 Å². The second kappa shape index (κ2) is 15.7. The van der Waals surface area contributed by atoms with Crippen molar-refractivity contribution < 1.29 is 28.7 Å². The summed E-state index contributed by atoms with van der Waals surface area (Å²) in [5, 5.41) is 7.79. The first kappa shape index (κ1) is 41.6. The van der Waals surface area contributed by atoms with Crippen LogP contribution in [0.1, 0.15) is 77.9 Å². The van der Waals surface area contributed by atoms with Crippen molar-refractivity contribution in [3.8, 4) is 22.3 Å². The number of aromatic nitrogens is 4. The number of rotatable bonds is 10. The van der Waals surface area contributed by atoms with E-state index in [4.69, 9.17) is 19.4 Å². The second-order valence-electron chi connectivity index (χ2n) is 19.2. The van der Waals surface area contributed by atoms with Gasteiger partial charge in [-0.3, -0.25) is 9.59 Å². The Hall–Kier alpha value is -6.44. The number of benzene rings is 4. The lowest BCUT2D eigenvalue weighted by Crippen LogP contribution is -2.56. The molecule has 4 amide bonds. The van der Waals surface area contributed by atoms with E-state index in [1.54, 1.807) is 0 Å². The number of alkyl carbamates (subject to hydrolysis) is 2. The molecule has 2 saturated carbocycles. The van der Waals surface area contributed by atoms with E-state index in [0.29, 0.717) is 24.9 Å². The van der Waals surface area contributed by atoms with Gasteiger partial charge < -0.3 is 39.9 Å². The number of carbonyl (C=O) groups is 4. The number of nitrogens with one attached hydrogen (secondary N) is 4. The molecule has 10 rings (SSSR count). The molecule has 2 saturated heterocycles. The van der Waals surface area contributed by atoms with Crippen LogP contribution in [0.3, 0.4) is 0 Å². The van der Waals surface area contributed by atoms with Crippen LogP contribution in [-0.4, -0.2) is 93.1 Å². The van der Waals surface area contributed by atoms with Gasteiger partial charge in [0.2, 0.25) is 11.8 Å². The fourth-order valence-corrected chi connectivity index (χ4v) is 11.5. The number of amides is 4. The minimum absolute atomic E-state index is 0.104. The van der Waals surface area contributed by atoms with Gasteiger partial charge in [-0.15, -0.1) is 0 Å². The molecule has 2 aliphatic carbocycles. The number of carbonyl (C=O) groups excluding carboxylic acids is 4. The molecule has 4 fully saturated rings. The summed E-state index contributed by atoms with van der Waals surface area (Å²) < 4.78 is 9.73. The Labute approximate surface area is 371 Å². The molecule has 4 heterocycles. The Bertz CT molecular complexity index is 2660. The summed E-state index contributed by atoms with van der Waals surface area (Å²) in [6.45, 7) is 9.01. The summed E-state index contributed by atoms with van der Waals surface area (Å²) in [7, 11) is 2.62. The smallest absolute Gasteiger partial charge is 0.407 e. The number of nitrogens with zero attached hydrogens (tertiary/aromatic N) is 4. The maximum atomic E-state index is 14.2. The highest BCUT2D eigenvalue weighted by atomic mass is 16.5. The lowest BCUT2D eigenvalue weighted by atomic mass is 9.92. The fourth-order valence-electron chi connectivity index (χ4n) is 11.5. The zero-order valence-corrected chi connectivity index (χ0v) is 37.3. The number of hydrogen-bond acceptors (Lipinski definition) is 8. The maximum absolute atomic E-state index is 14.2. The van der Waals surface area contributed by atoms with Gasteiger partial charge in [-0.1, -0.05) is 76.2 Å². The molecular weight excluding hydrogens is 809 g/mol. The summed E-state index contributed by atoms with van der Waals surface area (Å²) in [6, 6.07) is 24.1. The van der Waals surface area contributed by atoms with Crippen LogP contribution in [0.15, 0.2) is 72.8 Å². The maximum Gasteiger partial charge on any atom is 0.407 e. The molecule has 64 heavy (non-hydrogen) atoms. The summed E-state index contributed by atoms with van der Waals surface area (Å²) >= 11 is 0. The number of hydrogen-bond donors (Lipinski definition) is 4. The minimum Gasteiger partial charge on any atom is -0.453 e. The van der Waals surface area contributed by atoms with Gasteiger partial charge in [-0.05, 0) is 119 Å². The molecule has 0 radical (unpaired) electrons. The molecule has 2 aliphatic heterocycles. The van der Waals surface area contributed by atoms with Gasteiger partial charge in [0.1, 0.15) is 34.8 Å². The Balaban J connectivity index is 0.955. The van der Waals surface area contributed by atoms with Gasteiger partial charge in [0.25, 0.3) is 0 Å². The lowest BCUT2D eigenvalue weighted by Gasteiger charge is -2.40. The number of methoxy groups -OCH3 is 2. The van der Waals surface area contributed by atoms with E-state index in [2.05, 4.69) is 93.4 Å². The number of imidazole rings is 2. The molecule has 0 unspecified atom stereocenters. The average Bonchev–Trinajstić information content (AvgIpc) is 4.17. The van der Waals surface area contributed by atoms with E-state index in [1.807, 2.05) is 37.5 Å². The third-order valence-electron chi connectivity index (χ3n) is 14.8. The zero-order chi connectivity index (χ0) is 44.7. The highest BCUT2D eigenvalue weighted by Gasteiger charge is 2.58. The molecule has 4 bridgehead atoms. The number of likely N-dealkylation sites (tertiary alicyclic amines) is 2. The average molecular weight is 865 g/mol. The van der Waals surface area contributed by atoms with Gasteiger partial charge in [0.15, 0.2) is 0 Å². The van der Waals surface area contributed by atoms with Crippen molar-refractivity contribution in [3.63, 3.8) is 0 Å². The highest BCUT2D eigenvalue weighted by molar-refractivity contribution is 6.06. The topological polar surface area (TPSA) is 175 Å². The summed E-state index contributed by atoms with van der Waals surface area (Å²) in [6.07, 6.45) is 4.10. The molecule has 0 spiro atoms. The Morgan fingerprint density at radius 3 is 1.44 bits per heavy atom. The van der Waals surface area contributed by atoms with Gasteiger partial charge in [-0.2, -0.15) is 0 Å². The monoisotopic (exact) mass is 864 g/mol. The lowest BCUT2D eigenvalue weighted by molar-refractivity contribution is -0.141. The van der Waals surface area contributed by atoms with Crippen LogP contribution < -0.4 is 10.6 Å². The molecule has 6 aromatic rings. The first-order chi connectivity index (χ1) is 30.8. The summed E-state index contributed by atoms with van der Waals surface area (Å²) in [4.78, 5) is 74.3. The molecular formula is C50H56N8O6. The van der Waals surface area contributed by atoms with Crippen LogP contribution in [0.4, 0.5) is 9.59 Å². The summed E-state index contributed by atoms with van der Waals surface area (Å²) in [5.74, 6) is 1.90. The van der Waals surface area contributed by atoms with Gasteiger partial charge >= 0.3 is 12.2 Å². The molecule has 2 aromatic heterocycles. The first-order valence-electron chi connectivity index (χ1n) is 22.7. The van der Waals surface area contributed by atoms with Gasteiger partial charge in [0, 0.05) is 13.1 Å². The first-order valence-corrected chi connectivity index (χ1v) is 22.7. The molecule has 14 nitrogen and oxygen atoms in total. The number of aromatic amines is 2. The van der Waals surface area contributed by atoms with Crippen LogP contribution in [0, 0.1) is 23.7 Å². The van der Waals surface area contributed by atoms with Crippen molar-refractivity contribution in [2.45, 2.75) is 89.4 Å². The largest absolute Gasteiger partial charge is 0.453 e. The van der Waals surface area contributed by atoms with E-state index in [0.717, 1.165) is 105 Å². The normalized spacial score (nSPS) is 23.4. The minimum atomic E-state index is -0.702. The molecule has 4 aromatic carbocycles. The Kier molecular flexibility index (Phi) is 10.2. The van der Waals surface area contributed by atoms with Crippen LogP contribution in [0.25, 0.3) is 55.1 Å². The van der Waals surface area contributed by atoms with E-state index in [1.165, 1.54) is 14.2 Å². The molecule has 4 aliphatic rings. The predicted octanol–water partition coefficient (Wildman–Crippen LogP) is 8.36. The van der Waals surface area contributed by atoms with E-state index < -0.39 is 35.3 Å². The third kappa shape index (κ3) is 6.66. The molecule has 14 heteroatoms. The van der Waals surface area contributed by atoms with Crippen molar-refractivity contribution in [2.24, 2.45) is 23.7 Å². The second-order valence-corrected chi connectivity index (χ2v) is 19.2. The zero-order valence-electron chi connectivity index (χ0n) is 37.3. The number of ether oxygens (including phenoxy) is 2. The number of H-pyrrole nitrogens is 2. The standard InChI is InChI=1S/C50H56N8O6/c1-27(2)41(55-47(61)63-5)43(59)57-25-29-17-19-49(57,23-29)45-51-37-15-13-31(21-39(37)53-45)33-9-7-12-36-34(10-8-11-35(33)36)32-14-16-38-40(22-32)54-46(52-38)50-20-18-30(24-50)26-58(50)44(60)42(28(3)4)56-48(62)64-6/h7-16,21-22,27-30,41-42H,17-20,23-26H2,1-6H3,(H,51,53)(H,52,54)(H,55,61)(H,56,62)/t29-,30-,41+,42+,49+,50+/m1/s1.